The van der Waals surface area contributed by atoms with Gasteiger partial charge in [0.1, 0.15) is 11.5 Å². The number of fused-ring (bicyclic) bond motifs is 1. The fraction of sp³-hybridized carbons (Fsp3) is 0.385. The Balaban J connectivity index is 2.19. The molecule has 0 unspecified atom stereocenters. The third-order valence-corrected chi connectivity index (χ3v) is 3.21. The highest BCUT2D eigenvalue weighted by Gasteiger charge is 2.38. The molecule has 0 radical (unpaired) electrons. The van der Waals surface area contributed by atoms with Crippen LogP contribution in [0.2, 0.25) is 0 Å². The van der Waals surface area contributed by atoms with E-state index in [4.69, 9.17) is 0 Å². The van der Waals surface area contributed by atoms with Crippen molar-refractivity contribution in [3.05, 3.63) is 35.0 Å². The first-order chi connectivity index (χ1) is 9.95. The summed E-state index contributed by atoms with van der Waals surface area (Å²) in [6.07, 6.45) is -2.59. The van der Waals surface area contributed by atoms with Crippen LogP contribution in [0.1, 0.15) is 22.8 Å². The highest BCUT2D eigenvalue weighted by molar-refractivity contribution is 5.50. The van der Waals surface area contributed by atoms with Gasteiger partial charge >= 0.3 is 6.18 Å². The number of aromatic nitrogens is 4. The van der Waals surface area contributed by atoms with Gasteiger partial charge in [0.05, 0.1) is 5.69 Å². The van der Waals surface area contributed by atoms with Gasteiger partial charge in [-0.15, -0.1) is 0 Å². The Bertz CT molecular complexity index is 684. The topological polar surface area (TPSA) is 63.6 Å². The van der Waals surface area contributed by atoms with Crippen molar-refractivity contribution in [1.82, 2.24) is 25.3 Å². The SMILES string of the molecule is Cc1nccc(-c2nc3c(c(C(F)(F)F)n2)CNCC3)n1. The predicted octanol–water partition coefficient (Wildman–Crippen LogP) is 1.91. The van der Waals surface area contributed by atoms with Gasteiger partial charge in [-0.2, -0.15) is 13.2 Å². The van der Waals surface area contributed by atoms with E-state index in [-0.39, 0.29) is 17.9 Å². The molecule has 0 saturated carbocycles. The van der Waals surface area contributed by atoms with E-state index in [0.717, 1.165) is 0 Å². The standard InChI is InChI=1S/C13H12F3N5/c1-7-18-5-3-10(19-7)12-20-9-2-4-17-6-8(9)11(21-12)13(14,15)16/h3,5,17H,2,4,6H2,1H3. The van der Waals surface area contributed by atoms with Gasteiger partial charge in [-0.1, -0.05) is 0 Å². The number of hydrogen-bond acceptors (Lipinski definition) is 5. The summed E-state index contributed by atoms with van der Waals surface area (Å²) in [4.78, 5) is 16.0. The van der Waals surface area contributed by atoms with Crippen molar-refractivity contribution in [3.8, 4) is 11.5 Å². The summed E-state index contributed by atoms with van der Waals surface area (Å²) in [5.41, 5.74) is -0.0223. The van der Waals surface area contributed by atoms with Crippen LogP contribution in [0, 0.1) is 6.92 Å². The summed E-state index contributed by atoms with van der Waals surface area (Å²) < 4.78 is 39.6. The summed E-state index contributed by atoms with van der Waals surface area (Å²) in [6.45, 7) is 2.40. The lowest BCUT2D eigenvalue weighted by Gasteiger charge is -2.21. The van der Waals surface area contributed by atoms with Crippen molar-refractivity contribution in [2.75, 3.05) is 6.54 Å². The van der Waals surface area contributed by atoms with Crippen LogP contribution < -0.4 is 5.32 Å². The molecule has 21 heavy (non-hydrogen) atoms. The van der Waals surface area contributed by atoms with Crippen LogP contribution in [-0.4, -0.2) is 26.5 Å². The summed E-state index contributed by atoms with van der Waals surface area (Å²) in [5, 5.41) is 2.92. The highest BCUT2D eigenvalue weighted by atomic mass is 19.4. The predicted molar refractivity (Wildman–Crippen MR) is 68.2 cm³/mol. The maximum absolute atomic E-state index is 13.2. The smallest absolute Gasteiger partial charge is 0.312 e. The zero-order chi connectivity index (χ0) is 15.0. The quantitative estimate of drug-likeness (QED) is 0.870. The third-order valence-electron chi connectivity index (χ3n) is 3.21. The molecule has 8 heteroatoms. The highest BCUT2D eigenvalue weighted by Crippen LogP contribution is 2.33. The maximum Gasteiger partial charge on any atom is 0.433 e. The van der Waals surface area contributed by atoms with Crippen LogP contribution >= 0.6 is 0 Å². The average Bonchev–Trinajstić information content (AvgIpc) is 2.45. The second kappa shape index (κ2) is 5.03. The zero-order valence-electron chi connectivity index (χ0n) is 11.2. The Morgan fingerprint density at radius 3 is 2.71 bits per heavy atom. The lowest BCUT2D eigenvalue weighted by molar-refractivity contribution is -0.142. The van der Waals surface area contributed by atoms with Crippen molar-refractivity contribution in [2.24, 2.45) is 0 Å². The zero-order valence-corrected chi connectivity index (χ0v) is 11.2. The van der Waals surface area contributed by atoms with E-state index >= 15 is 0 Å². The summed E-state index contributed by atoms with van der Waals surface area (Å²) >= 11 is 0. The van der Waals surface area contributed by atoms with E-state index in [9.17, 15) is 13.2 Å². The molecule has 5 nitrogen and oxygen atoms in total. The molecule has 3 rings (SSSR count). The van der Waals surface area contributed by atoms with Gasteiger partial charge in [-0.25, -0.2) is 19.9 Å². The fourth-order valence-corrected chi connectivity index (χ4v) is 2.27. The number of alkyl halides is 3. The minimum Gasteiger partial charge on any atom is -0.312 e. The number of aryl methyl sites for hydroxylation is 1. The Morgan fingerprint density at radius 1 is 1.19 bits per heavy atom. The number of nitrogens with one attached hydrogen (secondary N) is 1. The Labute approximate surface area is 118 Å². The lowest BCUT2D eigenvalue weighted by Crippen LogP contribution is -2.29. The molecule has 2 aromatic rings. The van der Waals surface area contributed by atoms with Crippen molar-refractivity contribution in [1.29, 1.82) is 0 Å². The summed E-state index contributed by atoms with van der Waals surface area (Å²) in [5.74, 6) is 0.456. The van der Waals surface area contributed by atoms with Crippen molar-refractivity contribution >= 4 is 0 Å². The van der Waals surface area contributed by atoms with E-state index < -0.39 is 11.9 Å². The van der Waals surface area contributed by atoms with E-state index in [1.165, 1.54) is 12.3 Å². The molecule has 0 fully saturated rings. The molecule has 0 aliphatic carbocycles. The van der Waals surface area contributed by atoms with Gasteiger partial charge in [-0.3, -0.25) is 0 Å². The first-order valence-electron chi connectivity index (χ1n) is 6.43. The number of nitrogens with zero attached hydrogens (tertiary/aromatic N) is 4. The Morgan fingerprint density at radius 2 is 2.00 bits per heavy atom. The van der Waals surface area contributed by atoms with Crippen LogP contribution in [0.15, 0.2) is 12.3 Å². The third kappa shape index (κ3) is 2.71. The first kappa shape index (κ1) is 13.9. The summed E-state index contributed by atoms with van der Waals surface area (Å²) in [7, 11) is 0. The number of hydrogen-bond donors (Lipinski definition) is 1. The van der Waals surface area contributed by atoms with Crippen molar-refractivity contribution < 1.29 is 13.2 Å². The Kier molecular flexibility index (Phi) is 3.32. The molecule has 0 spiro atoms. The normalized spacial score (nSPS) is 14.9. The maximum atomic E-state index is 13.2. The van der Waals surface area contributed by atoms with Crippen molar-refractivity contribution in [2.45, 2.75) is 26.1 Å². The minimum absolute atomic E-state index is 0.00604. The van der Waals surface area contributed by atoms with Crippen LogP contribution in [0.5, 0.6) is 0 Å². The van der Waals surface area contributed by atoms with E-state index in [1.807, 2.05) is 0 Å². The molecule has 3 heterocycles. The molecular weight excluding hydrogens is 283 g/mol. The van der Waals surface area contributed by atoms with Gasteiger partial charge in [0.2, 0.25) is 0 Å². The van der Waals surface area contributed by atoms with Crippen LogP contribution in [0.3, 0.4) is 0 Å². The molecule has 2 aromatic heterocycles. The van der Waals surface area contributed by atoms with Gasteiger partial charge in [0.25, 0.3) is 0 Å². The molecule has 0 aromatic carbocycles. The molecule has 0 amide bonds. The van der Waals surface area contributed by atoms with Crippen LogP contribution in [0.4, 0.5) is 13.2 Å². The van der Waals surface area contributed by atoms with Gasteiger partial charge in [-0.05, 0) is 13.0 Å². The van der Waals surface area contributed by atoms with Gasteiger partial charge in [0.15, 0.2) is 11.5 Å². The monoisotopic (exact) mass is 295 g/mol. The molecule has 1 aliphatic heterocycles. The molecule has 1 aliphatic rings. The summed E-state index contributed by atoms with van der Waals surface area (Å²) in [6, 6.07) is 1.51. The number of rotatable bonds is 1. The molecule has 0 saturated heterocycles. The first-order valence-corrected chi connectivity index (χ1v) is 6.43. The largest absolute Gasteiger partial charge is 0.433 e. The van der Waals surface area contributed by atoms with Crippen LogP contribution in [0.25, 0.3) is 11.5 Å². The second-order valence-electron chi connectivity index (χ2n) is 4.73. The lowest BCUT2D eigenvalue weighted by atomic mass is 10.0. The molecular formula is C13H12F3N5. The minimum atomic E-state index is -4.51. The van der Waals surface area contributed by atoms with Crippen molar-refractivity contribution in [3.63, 3.8) is 0 Å². The molecule has 0 atom stereocenters. The number of halogens is 3. The fourth-order valence-electron chi connectivity index (χ4n) is 2.27. The molecule has 110 valence electrons. The van der Waals surface area contributed by atoms with Gasteiger partial charge in [0, 0.05) is 31.3 Å². The average molecular weight is 295 g/mol. The van der Waals surface area contributed by atoms with E-state index in [1.54, 1.807) is 6.92 Å². The second-order valence-corrected chi connectivity index (χ2v) is 4.73. The van der Waals surface area contributed by atoms with E-state index in [0.29, 0.717) is 30.2 Å². The molecule has 0 bridgehead atoms. The van der Waals surface area contributed by atoms with Crippen LogP contribution in [-0.2, 0) is 19.1 Å². The molecule has 1 N–H and O–H groups in total. The van der Waals surface area contributed by atoms with Gasteiger partial charge < -0.3 is 5.32 Å². The Hall–Kier alpha value is -2.09. The van der Waals surface area contributed by atoms with E-state index in [2.05, 4.69) is 25.3 Å².